The van der Waals surface area contributed by atoms with Crippen molar-refractivity contribution in [1.82, 2.24) is 4.98 Å². The molecule has 14 heavy (non-hydrogen) atoms. The Hall–Kier alpha value is -0.670. The molecule has 0 bridgehead atoms. The smallest absolute Gasteiger partial charge is 0.0980 e. The standard InChI is InChI=1S/C11H13NS2/c1-2-4-9-8-14-11(12-9)7-10-5-3-6-13-10/h3,5-6,8H,2,4,7H2,1H3. The first-order valence-electron chi connectivity index (χ1n) is 4.84. The maximum Gasteiger partial charge on any atom is 0.0980 e. The fourth-order valence-electron chi connectivity index (χ4n) is 1.36. The number of hydrogen-bond donors (Lipinski definition) is 0. The molecule has 0 saturated heterocycles. The normalized spacial score (nSPS) is 10.6. The van der Waals surface area contributed by atoms with Gasteiger partial charge in [-0.1, -0.05) is 19.4 Å². The molecular weight excluding hydrogens is 210 g/mol. The summed E-state index contributed by atoms with van der Waals surface area (Å²) in [6.07, 6.45) is 3.30. The van der Waals surface area contributed by atoms with Crippen molar-refractivity contribution in [2.24, 2.45) is 0 Å². The van der Waals surface area contributed by atoms with Gasteiger partial charge in [-0.15, -0.1) is 22.7 Å². The zero-order valence-electron chi connectivity index (χ0n) is 8.19. The van der Waals surface area contributed by atoms with Gasteiger partial charge in [-0.25, -0.2) is 4.98 Å². The van der Waals surface area contributed by atoms with Gasteiger partial charge in [0, 0.05) is 16.7 Å². The first kappa shape index (κ1) is 9.87. The van der Waals surface area contributed by atoms with Crippen LogP contribution in [0.2, 0.25) is 0 Å². The molecule has 0 atom stereocenters. The van der Waals surface area contributed by atoms with E-state index in [1.54, 1.807) is 11.3 Å². The molecule has 0 aromatic carbocycles. The Morgan fingerprint density at radius 3 is 3.00 bits per heavy atom. The van der Waals surface area contributed by atoms with Gasteiger partial charge in [-0.2, -0.15) is 0 Å². The predicted octanol–water partition coefficient (Wildman–Crippen LogP) is 3.75. The fraction of sp³-hybridized carbons (Fsp3) is 0.364. The van der Waals surface area contributed by atoms with Gasteiger partial charge in [-0.3, -0.25) is 0 Å². The van der Waals surface area contributed by atoms with Crippen molar-refractivity contribution in [2.45, 2.75) is 26.2 Å². The Bertz CT molecular complexity index is 376. The molecule has 74 valence electrons. The van der Waals surface area contributed by atoms with E-state index in [1.165, 1.54) is 22.0 Å². The summed E-state index contributed by atoms with van der Waals surface area (Å²) in [5.74, 6) is 0. The van der Waals surface area contributed by atoms with Crippen LogP contribution in [0.1, 0.15) is 28.9 Å². The first-order valence-corrected chi connectivity index (χ1v) is 6.60. The molecule has 0 amide bonds. The zero-order chi connectivity index (χ0) is 9.80. The minimum Gasteiger partial charge on any atom is -0.246 e. The molecule has 0 saturated carbocycles. The van der Waals surface area contributed by atoms with E-state index in [9.17, 15) is 0 Å². The number of rotatable bonds is 4. The summed E-state index contributed by atoms with van der Waals surface area (Å²) in [5.41, 5.74) is 1.25. The number of aryl methyl sites for hydroxylation is 1. The van der Waals surface area contributed by atoms with Crippen LogP contribution in [0.5, 0.6) is 0 Å². The van der Waals surface area contributed by atoms with E-state index in [-0.39, 0.29) is 0 Å². The molecule has 0 unspecified atom stereocenters. The molecule has 0 aliphatic heterocycles. The molecule has 2 heterocycles. The number of hydrogen-bond acceptors (Lipinski definition) is 3. The maximum absolute atomic E-state index is 4.60. The van der Waals surface area contributed by atoms with Gasteiger partial charge in [0.15, 0.2) is 0 Å². The van der Waals surface area contributed by atoms with Crippen LogP contribution >= 0.6 is 22.7 Å². The van der Waals surface area contributed by atoms with E-state index in [0.717, 1.165) is 12.8 Å². The monoisotopic (exact) mass is 223 g/mol. The second-order valence-electron chi connectivity index (χ2n) is 3.24. The average Bonchev–Trinajstić information content (AvgIpc) is 2.79. The van der Waals surface area contributed by atoms with Gasteiger partial charge in [0.05, 0.1) is 10.7 Å². The first-order chi connectivity index (χ1) is 6.88. The van der Waals surface area contributed by atoms with Gasteiger partial charge in [-0.05, 0) is 17.9 Å². The lowest BCUT2D eigenvalue weighted by Crippen LogP contribution is -1.86. The second-order valence-corrected chi connectivity index (χ2v) is 5.21. The molecule has 2 aromatic heterocycles. The Labute approximate surface area is 92.4 Å². The third-order valence-corrected chi connectivity index (χ3v) is 3.79. The molecule has 0 N–H and O–H groups in total. The minimum atomic E-state index is 1.01. The molecule has 0 spiro atoms. The third kappa shape index (κ3) is 2.42. The maximum atomic E-state index is 4.60. The average molecular weight is 223 g/mol. The summed E-state index contributed by atoms with van der Waals surface area (Å²) in [7, 11) is 0. The van der Waals surface area contributed by atoms with Crippen molar-refractivity contribution in [3.8, 4) is 0 Å². The largest absolute Gasteiger partial charge is 0.246 e. The van der Waals surface area contributed by atoms with E-state index in [4.69, 9.17) is 0 Å². The fourth-order valence-corrected chi connectivity index (χ4v) is 3.02. The Morgan fingerprint density at radius 1 is 1.36 bits per heavy atom. The van der Waals surface area contributed by atoms with Gasteiger partial charge >= 0.3 is 0 Å². The van der Waals surface area contributed by atoms with Crippen LogP contribution in [-0.2, 0) is 12.8 Å². The lowest BCUT2D eigenvalue weighted by Gasteiger charge is -1.91. The highest BCUT2D eigenvalue weighted by Gasteiger charge is 2.02. The van der Waals surface area contributed by atoms with Gasteiger partial charge in [0.25, 0.3) is 0 Å². The van der Waals surface area contributed by atoms with Crippen LogP contribution in [0, 0.1) is 0 Å². The molecule has 0 aliphatic rings. The van der Waals surface area contributed by atoms with Crippen molar-refractivity contribution in [3.63, 3.8) is 0 Å². The third-order valence-electron chi connectivity index (χ3n) is 2.01. The molecule has 0 radical (unpaired) electrons. The van der Waals surface area contributed by atoms with E-state index in [1.807, 2.05) is 11.3 Å². The molecule has 3 heteroatoms. The van der Waals surface area contributed by atoms with Crippen molar-refractivity contribution in [3.05, 3.63) is 38.5 Å². The highest BCUT2D eigenvalue weighted by molar-refractivity contribution is 7.11. The Balaban J connectivity index is 2.03. The summed E-state index contributed by atoms with van der Waals surface area (Å²) in [6.45, 7) is 2.19. The Morgan fingerprint density at radius 2 is 2.29 bits per heavy atom. The van der Waals surface area contributed by atoms with Crippen molar-refractivity contribution in [1.29, 1.82) is 0 Å². The van der Waals surface area contributed by atoms with Gasteiger partial charge in [0.2, 0.25) is 0 Å². The van der Waals surface area contributed by atoms with E-state index >= 15 is 0 Å². The van der Waals surface area contributed by atoms with E-state index in [2.05, 4.69) is 34.8 Å². The van der Waals surface area contributed by atoms with Crippen molar-refractivity contribution in [2.75, 3.05) is 0 Å². The van der Waals surface area contributed by atoms with Crippen molar-refractivity contribution < 1.29 is 0 Å². The van der Waals surface area contributed by atoms with Crippen molar-refractivity contribution >= 4 is 22.7 Å². The van der Waals surface area contributed by atoms with Gasteiger partial charge < -0.3 is 0 Å². The van der Waals surface area contributed by atoms with Crippen LogP contribution in [0.4, 0.5) is 0 Å². The number of thiophene rings is 1. The summed E-state index contributed by atoms with van der Waals surface area (Å²) in [6, 6.07) is 4.27. The minimum absolute atomic E-state index is 1.01. The van der Waals surface area contributed by atoms with Crippen LogP contribution in [0.25, 0.3) is 0 Å². The number of thiazole rings is 1. The lowest BCUT2D eigenvalue weighted by molar-refractivity contribution is 0.884. The predicted molar refractivity (Wildman–Crippen MR) is 63.2 cm³/mol. The summed E-state index contributed by atoms with van der Waals surface area (Å²) in [5, 5.41) is 5.55. The molecule has 2 aromatic rings. The quantitative estimate of drug-likeness (QED) is 0.769. The SMILES string of the molecule is CCCc1csc(Cc2cccs2)n1. The summed E-state index contributed by atoms with van der Waals surface area (Å²) >= 11 is 3.59. The summed E-state index contributed by atoms with van der Waals surface area (Å²) in [4.78, 5) is 6.01. The summed E-state index contributed by atoms with van der Waals surface area (Å²) < 4.78 is 0. The molecule has 0 fully saturated rings. The molecule has 1 nitrogen and oxygen atoms in total. The molecule has 0 aliphatic carbocycles. The molecule has 2 rings (SSSR count). The highest BCUT2D eigenvalue weighted by atomic mass is 32.1. The van der Waals surface area contributed by atoms with Crippen LogP contribution in [-0.4, -0.2) is 4.98 Å². The number of nitrogens with zero attached hydrogens (tertiary/aromatic N) is 1. The van der Waals surface area contributed by atoms with Crippen LogP contribution in [0.15, 0.2) is 22.9 Å². The van der Waals surface area contributed by atoms with Gasteiger partial charge in [0.1, 0.15) is 0 Å². The topological polar surface area (TPSA) is 12.9 Å². The highest BCUT2D eigenvalue weighted by Crippen LogP contribution is 2.18. The van der Waals surface area contributed by atoms with Crippen LogP contribution < -0.4 is 0 Å². The van der Waals surface area contributed by atoms with Crippen LogP contribution in [0.3, 0.4) is 0 Å². The number of aromatic nitrogens is 1. The lowest BCUT2D eigenvalue weighted by atomic mass is 10.3. The van der Waals surface area contributed by atoms with E-state index < -0.39 is 0 Å². The van der Waals surface area contributed by atoms with E-state index in [0.29, 0.717) is 0 Å². The second kappa shape index (κ2) is 4.71. The zero-order valence-corrected chi connectivity index (χ0v) is 9.83. The Kier molecular flexibility index (Phi) is 3.32. The molecular formula is C11H13NS2.